The Balaban J connectivity index is 1.39. The fourth-order valence-electron chi connectivity index (χ4n) is 4.54. The molecule has 2 heterocycles. The van der Waals surface area contributed by atoms with Gasteiger partial charge in [-0.15, -0.1) is 0 Å². The molecule has 1 aliphatic carbocycles. The number of rotatable bonds is 4. The van der Waals surface area contributed by atoms with E-state index in [0.29, 0.717) is 30.7 Å². The highest BCUT2D eigenvalue weighted by Gasteiger charge is 2.37. The molecule has 1 aromatic heterocycles. The maximum atomic E-state index is 12.8. The molecule has 154 valence electrons. The second-order valence-electron chi connectivity index (χ2n) is 8.00. The zero-order valence-electron chi connectivity index (χ0n) is 16.6. The molecule has 6 heteroatoms. The molecule has 1 saturated carbocycles. The third kappa shape index (κ3) is 3.32. The summed E-state index contributed by atoms with van der Waals surface area (Å²) < 4.78 is 17.1. The lowest BCUT2D eigenvalue weighted by molar-refractivity contribution is 0.0915. The molecule has 3 aromatic rings. The summed E-state index contributed by atoms with van der Waals surface area (Å²) in [5.41, 5.74) is 1.18. The number of fused-ring (bicyclic) bond motifs is 2. The summed E-state index contributed by atoms with van der Waals surface area (Å²) in [6.45, 7) is 1.58. The molecule has 2 aromatic carbocycles. The molecule has 0 bridgehead atoms. The predicted octanol–water partition coefficient (Wildman–Crippen LogP) is 3.81. The number of hydrogen-bond donors (Lipinski definition) is 1. The van der Waals surface area contributed by atoms with Gasteiger partial charge in [0.15, 0.2) is 22.7 Å². The largest absolute Gasteiger partial charge is 0.486 e. The lowest BCUT2D eigenvalue weighted by Crippen LogP contribution is -2.39. The zero-order valence-corrected chi connectivity index (χ0v) is 16.6. The lowest BCUT2D eigenvalue weighted by atomic mass is 9.78. The summed E-state index contributed by atoms with van der Waals surface area (Å²) in [7, 11) is 0. The smallest absolute Gasteiger partial charge is 0.287 e. The van der Waals surface area contributed by atoms with Gasteiger partial charge >= 0.3 is 0 Å². The molecule has 2 aliphatic rings. The van der Waals surface area contributed by atoms with Crippen LogP contribution in [0.3, 0.4) is 0 Å². The van der Waals surface area contributed by atoms with Gasteiger partial charge in [-0.25, -0.2) is 0 Å². The van der Waals surface area contributed by atoms with Crippen molar-refractivity contribution in [3.05, 3.63) is 70.1 Å². The van der Waals surface area contributed by atoms with E-state index in [9.17, 15) is 9.59 Å². The van der Waals surface area contributed by atoms with Crippen molar-refractivity contribution in [2.75, 3.05) is 19.8 Å². The van der Waals surface area contributed by atoms with Crippen LogP contribution < -0.4 is 20.2 Å². The Morgan fingerprint density at radius 3 is 2.57 bits per heavy atom. The Hall–Kier alpha value is -3.28. The highest BCUT2D eigenvalue weighted by Crippen LogP contribution is 2.43. The molecule has 1 fully saturated rings. The van der Waals surface area contributed by atoms with Gasteiger partial charge in [-0.2, -0.15) is 0 Å². The molecule has 6 nitrogen and oxygen atoms in total. The number of hydrogen-bond acceptors (Lipinski definition) is 5. The third-order valence-corrected chi connectivity index (χ3v) is 6.16. The first-order valence-corrected chi connectivity index (χ1v) is 10.4. The van der Waals surface area contributed by atoms with E-state index >= 15 is 0 Å². The monoisotopic (exact) mass is 405 g/mol. The fraction of sp³-hybridized carbons (Fsp3) is 0.333. The molecule has 1 N–H and O–H groups in total. The van der Waals surface area contributed by atoms with Gasteiger partial charge in [-0.1, -0.05) is 31.0 Å². The normalized spacial score (nSPS) is 17.1. The number of ether oxygens (including phenoxy) is 2. The van der Waals surface area contributed by atoms with Crippen LogP contribution in [-0.4, -0.2) is 25.7 Å². The Morgan fingerprint density at radius 2 is 1.73 bits per heavy atom. The number of nitrogens with one attached hydrogen (secondary N) is 1. The molecule has 5 rings (SSSR count). The number of carbonyl (C=O) groups is 1. The van der Waals surface area contributed by atoms with E-state index < -0.39 is 0 Å². The quantitative estimate of drug-likeness (QED) is 0.714. The van der Waals surface area contributed by atoms with Crippen molar-refractivity contribution in [3.8, 4) is 11.5 Å². The van der Waals surface area contributed by atoms with Crippen LogP contribution in [0.4, 0.5) is 0 Å². The van der Waals surface area contributed by atoms with E-state index in [4.69, 9.17) is 13.9 Å². The molecule has 0 spiro atoms. The van der Waals surface area contributed by atoms with Crippen molar-refractivity contribution in [2.45, 2.75) is 31.1 Å². The van der Waals surface area contributed by atoms with Crippen LogP contribution >= 0.6 is 0 Å². The summed E-state index contributed by atoms with van der Waals surface area (Å²) >= 11 is 0. The van der Waals surface area contributed by atoms with Crippen molar-refractivity contribution in [3.63, 3.8) is 0 Å². The Bertz CT molecular complexity index is 1160. The van der Waals surface area contributed by atoms with Gasteiger partial charge < -0.3 is 19.2 Å². The second kappa shape index (κ2) is 7.52. The number of para-hydroxylation sites is 1. The number of carbonyl (C=O) groups excluding carboxylic acids is 1. The second-order valence-corrected chi connectivity index (χ2v) is 8.00. The van der Waals surface area contributed by atoms with E-state index in [1.165, 1.54) is 6.07 Å². The van der Waals surface area contributed by atoms with Gasteiger partial charge in [0.05, 0.1) is 5.39 Å². The van der Waals surface area contributed by atoms with E-state index in [-0.39, 0.29) is 22.5 Å². The molecule has 1 aliphatic heterocycles. The summed E-state index contributed by atoms with van der Waals surface area (Å²) in [6, 6.07) is 14.3. The average Bonchev–Trinajstić information content (AvgIpc) is 3.27. The van der Waals surface area contributed by atoms with Crippen LogP contribution in [0.15, 0.2) is 57.7 Å². The first kappa shape index (κ1) is 18.7. The maximum Gasteiger partial charge on any atom is 0.287 e. The zero-order chi connectivity index (χ0) is 20.6. The van der Waals surface area contributed by atoms with Crippen LogP contribution in [0.25, 0.3) is 11.0 Å². The molecule has 0 unspecified atom stereocenters. The minimum Gasteiger partial charge on any atom is -0.486 e. The van der Waals surface area contributed by atoms with E-state index in [0.717, 1.165) is 42.7 Å². The highest BCUT2D eigenvalue weighted by atomic mass is 16.6. The third-order valence-electron chi connectivity index (χ3n) is 6.16. The first-order valence-electron chi connectivity index (χ1n) is 10.4. The van der Waals surface area contributed by atoms with Gasteiger partial charge in [0.2, 0.25) is 0 Å². The number of amides is 1. The van der Waals surface area contributed by atoms with E-state index in [2.05, 4.69) is 11.4 Å². The SMILES string of the molecule is O=C(NCC1(c2ccc3c(c2)OCCO3)CCCC1)c1cc(=O)c2ccccc2o1. The number of benzene rings is 2. The molecular weight excluding hydrogens is 382 g/mol. The van der Waals surface area contributed by atoms with Crippen LogP contribution in [0, 0.1) is 0 Å². The summed E-state index contributed by atoms with van der Waals surface area (Å²) in [6.07, 6.45) is 4.17. The van der Waals surface area contributed by atoms with Crippen molar-refractivity contribution >= 4 is 16.9 Å². The fourth-order valence-corrected chi connectivity index (χ4v) is 4.54. The van der Waals surface area contributed by atoms with Crippen LogP contribution in [0.5, 0.6) is 11.5 Å². The van der Waals surface area contributed by atoms with E-state index in [1.807, 2.05) is 12.1 Å². The average molecular weight is 405 g/mol. The van der Waals surface area contributed by atoms with Gasteiger partial charge in [0, 0.05) is 18.0 Å². The summed E-state index contributed by atoms with van der Waals surface area (Å²) in [4.78, 5) is 25.1. The molecule has 0 radical (unpaired) electrons. The van der Waals surface area contributed by atoms with Crippen LogP contribution in [0.1, 0.15) is 41.8 Å². The van der Waals surface area contributed by atoms with Crippen LogP contribution in [0.2, 0.25) is 0 Å². The predicted molar refractivity (Wildman–Crippen MR) is 112 cm³/mol. The summed E-state index contributed by atoms with van der Waals surface area (Å²) in [5, 5.41) is 3.48. The minimum atomic E-state index is -0.373. The highest BCUT2D eigenvalue weighted by molar-refractivity contribution is 5.93. The van der Waals surface area contributed by atoms with Crippen molar-refractivity contribution in [1.29, 1.82) is 0 Å². The van der Waals surface area contributed by atoms with Gasteiger partial charge in [0.25, 0.3) is 5.91 Å². The molecule has 0 saturated heterocycles. The van der Waals surface area contributed by atoms with Gasteiger partial charge in [-0.3, -0.25) is 9.59 Å². The standard InChI is InChI=1S/C24H23NO5/c26-18-14-22(30-19-6-2-1-5-17(18)19)23(27)25-15-24(9-3-4-10-24)16-7-8-20-21(13-16)29-12-11-28-20/h1-2,5-8,13-14H,3-4,9-12,15H2,(H,25,27). The Morgan fingerprint density at radius 1 is 0.967 bits per heavy atom. The topological polar surface area (TPSA) is 77.8 Å². The minimum absolute atomic E-state index is 0.0361. The molecule has 30 heavy (non-hydrogen) atoms. The Labute approximate surface area is 173 Å². The lowest BCUT2D eigenvalue weighted by Gasteiger charge is -2.31. The summed E-state index contributed by atoms with van der Waals surface area (Å²) in [5.74, 6) is 1.19. The van der Waals surface area contributed by atoms with Crippen LogP contribution in [-0.2, 0) is 5.41 Å². The Kier molecular flexibility index (Phi) is 4.69. The molecule has 1 amide bonds. The first-order chi connectivity index (χ1) is 14.6. The van der Waals surface area contributed by atoms with Gasteiger partial charge in [0.1, 0.15) is 18.8 Å². The van der Waals surface area contributed by atoms with Crippen molar-refractivity contribution in [2.24, 2.45) is 0 Å². The molecular formula is C24H23NO5. The van der Waals surface area contributed by atoms with Crippen molar-refractivity contribution < 1.29 is 18.7 Å². The van der Waals surface area contributed by atoms with E-state index in [1.54, 1.807) is 24.3 Å². The van der Waals surface area contributed by atoms with Gasteiger partial charge in [-0.05, 0) is 42.7 Å². The molecule has 0 atom stereocenters. The van der Waals surface area contributed by atoms with Crippen molar-refractivity contribution in [1.82, 2.24) is 5.32 Å². The maximum absolute atomic E-state index is 12.8.